The Morgan fingerprint density at radius 2 is 1.57 bits per heavy atom. The maximum absolute atomic E-state index is 12.9. The van der Waals surface area contributed by atoms with Gasteiger partial charge < -0.3 is 14.4 Å². The van der Waals surface area contributed by atoms with E-state index in [9.17, 15) is 18.0 Å². The Balaban J connectivity index is 1.66. The molecule has 0 aromatic heterocycles. The number of benzene rings is 2. The number of hydrogen-bond acceptors (Lipinski definition) is 7. The lowest BCUT2D eigenvalue weighted by Crippen LogP contribution is -2.52. The second kappa shape index (κ2) is 9.77. The van der Waals surface area contributed by atoms with Crippen LogP contribution in [0.2, 0.25) is 0 Å². The van der Waals surface area contributed by atoms with Crippen molar-refractivity contribution in [3.05, 3.63) is 42.5 Å². The van der Waals surface area contributed by atoms with Crippen molar-refractivity contribution in [1.29, 1.82) is 0 Å². The van der Waals surface area contributed by atoms with Crippen LogP contribution in [0.5, 0.6) is 0 Å². The van der Waals surface area contributed by atoms with Gasteiger partial charge in [0.25, 0.3) is 0 Å². The molecule has 1 atom stereocenters. The van der Waals surface area contributed by atoms with Crippen LogP contribution in [0.4, 0.5) is 26.7 Å². The molecule has 2 amide bonds. The predicted molar refractivity (Wildman–Crippen MR) is 136 cm³/mol. The van der Waals surface area contributed by atoms with Gasteiger partial charge in [-0.3, -0.25) is 9.80 Å². The van der Waals surface area contributed by atoms with Gasteiger partial charge in [-0.05, 0) is 56.2 Å². The van der Waals surface area contributed by atoms with Crippen LogP contribution >= 0.6 is 0 Å². The molecule has 4 rings (SSSR count). The molecule has 2 aromatic rings. The lowest BCUT2D eigenvalue weighted by atomic mass is 10.0. The Morgan fingerprint density at radius 3 is 2.17 bits per heavy atom. The molecule has 2 heterocycles. The number of fused-ring (bicyclic) bond motifs is 1. The summed E-state index contributed by atoms with van der Waals surface area (Å²) in [6.07, 6.45) is -1.23. The summed E-state index contributed by atoms with van der Waals surface area (Å²) in [5, 5.41) is 0. The first-order chi connectivity index (χ1) is 16.6. The van der Waals surface area contributed by atoms with Gasteiger partial charge in [-0.15, -0.1) is 0 Å². The van der Waals surface area contributed by atoms with Gasteiger partial charge in [-0.25, -0.2) is 18.0 Å². The van der Waals surface area contributed by atoms with E-state index in [0.29, 0.717) is 24.5 Å². The zero-order valence-electron chi connectivity index (χ0n) is 20.4. The molecule has 2 aliphatic rings. The number of nitrogens with zero attached hydrogens (tertiary/aromatic N) is 3. The minimum absolute atomic E-state index is 0.164. The number of amides is 2. The van der Waals surface area contributed by atoms with Gasteiger partial charge in [-0.2, -0.15) is 0 Å². The summed E-state index contributed by atoms with van der Waals surface area (Å²) in [6, 6.07) is 13.2. The molecule has 0 radical (unpaired) electrons. The largest absolute Gasteiger partial charge is 0.452 e. The van der Waals surface area contributed by atoms with Gasteiger partial charge in [-0.1, -0.05) is 18.2 Å². The molecule has 2 aromatic carbocycles. The summed E-state index contributed by atoms with van der Waals surface area (Å²) in [7, 11) is -1.61. The molecule has 35 heavy (non-hydrogen) atoms. The van der Waals surface area contributed by atoms with E-state index in [1.165, 1.54) is 7.11 Å². The van der Waals surface area contributed by atoms with E-state index in [2.05, 4.69) is 4.90 Å². The molecule has 0 N–H and O–H groups in total. The van der Waals surface area contributed by atoms with Gasteiger partial charge in [0.15, 0.2) is 9.84 Å². The van der Waals surface area contributed by atoms with Crippen LogP contribution in [0.25, 0.3) is 11.1 Å². The molecule has 1 saturated heterocycles. The van der Waals surface area contributed by atoms with Crippen LogP contribution in [0.3, 0.4) is 0 Å². The molecular formula is C25H31N3O6S. The maximum Gasteiger partial charge on any atom is 0.414 e. The number of carbonyl (C=O) groups excluding carboxylic acids is 2. The van der Waals surface area contributed by atoms with E-state index >= 15 is 0 Å². The van der Waals surface area contributed by atoms with Crippen molar-refractivity contribution in [2.45, 2.75) is 32.9 Å². The Kier molecular flexibility index (Phi) is 6.93. The number of carbonyl (C=O) groups is 2. The molecule has 2 aliphatic heterocycles. The summed E-state index contributed by atoms with van der Waals surface area (Å²) in [4.78, 5) is 30.6. The number of ether oxygens (including phenoxy) is 2. The summed E-state index contributed by atoms with van der Waals surface area (Å²) in [5.74, 6) is 0.327. The van der Waals surface area contributed by atoms with Crippen molar-refractivity contribution >= 4 is 39.1 Å². The third kappa shape index (κ3) is 5.22. The van der Waals surface area contributed by atoms with Gasteiger partial charge in [0, 0.05) is 18.8 Å². The second-order valence-corrected chi connectivity index (χ2v) is 11.4. The summed E-state index contributed by atoms with van der Waals surface area (Å²) < 4.78 is 33.9. The standard InChI is InChI=1S/C25H31N3O6S/c1-17(2)34-24(29)27-16-18(3)28(25(30)33-4)22-10-7-20(15-23(22)27)19-5-8-21(9-6-19)26-11-13-35(31,32)14-12-26/h5-10,15,17-18H,11-14,16H2,1-4H3. The molecular weight excluding hydrogens is 470 g/mol. The van der Waals surface area contributed by atoms with Crippen molar-refractivity contribution in [2.75, 3.05) is 52.9 Å². The second-order valence-electron chi connectivity index (χ2n) is 9.12. The smallest absolute Gasteiger partial charge is 0.414 e. The fourth-order valence-corrected chi connectivity index (χ4v) is 5.66. The molecule has 1 unspecified atom stereocenters. The first-order valence-corrected chi connectivity index (χ1v) is 13.5. The molecule has 1 fully saturated rings. The Hall–Kier alpha value is -3.27. The predicted octanol–water partition coefficient (Wildman–Crippen LogP) is 3.91. The van der Waals surface area contributed by atoms with Gasteiger partial charge in [0.2, 0.25) is 0 Å². The van der Waals surface area contributed by atoms with Crippen LogP contribution in [0.1, 0.15) is 20.8 Å². The molecule has 9 nitrogen and oxygen atoms in total. The van der Waals surface area contributed by atoms with Crippen LogP contribution in [0.15, 0.2) is 42.5 Å². The van der Waals surface area contributed by atoms with Crippen molar-refractivity contribution in [3.8, 4) is 11.1 Å². The number of hydrogen-bond donors (Lipinski definition) is 0. The summed E-state index contributed by atoms with van der Waals surface area (Å²) >= 11 is 0. The Morgan fingerprint density at radius 1 is 0.943 bits per heavy atom. The van der Waals surface area contributed by atoms with Crippen molar-refractivity contribution < 1.29 is 27.5 Å². The molecule has 0 aliphatic carbocycles. The fraction of sp³-hybridized carbons (Fsp3) is 0.440. The molecule has 188 valence electrons. The van der Waals surface area contributed by atoms with Crippen molar-refractivity contribution in [1.82, 2.24) is 0 Å². The highest BCUT2D eigenvalue weighted by Gasteiger charge is 2.36. The first-order valence-electron chi connectivity index (χ1n) is 11.6. The molecule has 0 saturated carbocycles. The highest BCUT2D eigenvalue weighted by molar-refractivity contribution is 7.91. The zero-order valence-corrected chi connectivity index (χ0v) is 21.2. The number of methoxy groups -OCH3 is 1. The monoisotopic (exact) mass is 501 g/mol. The highest BCUT2D eigenvalue weighted by Crippen LogP contribution is 2.39. The lowest BCUT2D eigenvalue weighted by molar-refractivity contribution is 0.121. The summed E-state index contributed by atoms with van der Waals surface area (Å²) in [6.45, 7) is 6.68. The number of rotatable bonds is 3. The number of anilines is 3. The van der Waals surface area contributed by atoms with Crippen LogP contribution in [-0.2, 0) is 19.3 Å². The van der Waals surface area contributed by atoms with E-state index in [1.807, 2.05) is 49.4 Å². The molecule has 10 heteroatoms. The minimum Gasteiger partial charge on any atom is -0.452 e. The van der Waals surface area contributed by atoms with Gasteiger partial charge in [0.05, 0.1) is 48.7 Å². The van der Waals surface area contributed by atoms with E-state index in [1.54, 1.807) is 23.6 Å². The molecule has 0 bridgehead atoms. The van der Waals surface area contributed by atoms with Crippen LogP contribution in [-0.4, -0.2) is 71.0 Å². The highest BCUT2D eigenvalue weighted by atomic mass is 32.2. The number of sulfone groups is 1. The maximum atomic E-state index is 12.9. The van der Waals surface area contributed by atoms with E-state index in [0.717, 1.165) is 16.8 Å². The first kappa shape index (κ1) is 24.8. The third-order valence-electron chi connectivity index (χ3n) is 6.25. The molecule has 0 spiro atoms. The normalized spacial score (nSPS) is 19.3. The Bertz CT molecular complexity index is 1200. The zero-order chi connectivity index (χ0) is 25.3. The van der Waals surface area contributed by atoms with Crippen LogP contribution < -0.4 is 14.7 Å². The quantitative estimate of drug-likeness (QED) is 0.629. The van der Waals surface area contributed by atoms with Crippen molar-refractivity contribution in [3.63, 3.8) is 0 Å². The van der Waals surface area contributed by atoms with Gasteiger partial charge in [0.1, 0.15) is 0 Å². The topological polar surface area (TPSA) is 96.5 Å². The minimum atomic E-state index is -2.94. The van der Waals surface area contributed by atoms with E-state index in [4.69, 9.17) is 9.47 Å². The average Bonchev–Trinajstić information content (AvgIpc) is 2.82. The SMILES string of the molecule is COC(=O)N1c2ccc(-c3ccc(N4CCS(=O)(=O)CC4)cc3)cc2N(C(=O)OC(C)C)CC1C. The summed E-state index contributed by atoms with van der Waals surface area (Å²) in [5.41, 5.74) is 3.92. The average molecular weight is 502 g/mol. The van der Waals surface area contributed by atoms with Gasteiger partial charge >= 0.3 is 12.2 Å². The van der Waals surface area contributed by atoms with E-state index in [-0.39, 0.29) is 30.2 Å². The lowest BCUT2D eigenvalue weighted by Gasteiger charge is -2.40. The third-order valence-corrected chi connectivity index (χ3v) is 7.86. The van der Waals surface area contributed by atoms with Crippen LogP contribution in [0, 0.1) is 0 Å². The Labute approximate surface area is 206 Å². The fourth-order valence-electron chi connectivity index (χ4n) is 4.45. The van der Waals surface area contributed by atoms with Crippen molar-refractivity contribution in [2.24, 2.45) is 0 Å². The van der Waals surface area contributed by atoms with E-state index < -0.39 is 22.0 Å².